The second kappa shape index (κ2) is 10.1. The molecule has 0 aromatic heterocycles. The minimum absolute atomic E-state index is 0.271. The smallest absolute Gasteiger partial charge is 0.341 e. The van der Waals surface area contributed by atoms with Crippen LogP contribution in [0.1, 0.15) is 11.1 Å². The second-order valence-electron chi connectivity index (χ2n) is 6.08. The molecular formula is C23H18ClFO3S. The van der Waals surface area contributed by atoms with E-state index in [0.717, 1.165) is 21.6 Å². The summed E-state index contributed by atoms with van der Waals surface area (Å²) in [6.07, 6.45) is 2.08. The van der Waals surface area contributed by atoms with Crippen molar-refractivity contribution in [1.29, 1.82) is 0 Å². The van der Waals surface area contributed by atoms with Gasteiger partial charge in [0.05, 0.1) is 5.02 Å². The fourth-order valence-corrected chi connectivity index (χ4v) is 3.82. The van der Waals surface area contributed by atoms with E-state index in [1.54, 1.807) is 42.1 Å². The number of hydrogen-bond acceptors (Lipinski definition) is 3. The zero-order chi connectivity index (χ0) is 20.6. The van der Waals surface area contributed by atoms with Crippen molar-refractivity contribution >= 4 is 34.9 Å². The van der Waals surface area contributed by atoms with Crippen LogP contribution in [0.15, 0.2) is 83.8 Å². The summed E-state index contributed by atoms with van der Waals surface area (Å²) in [6.45, 7) is -0.413. The molecule has 0 bridgehead atoms. The molecule has 0 heterocycles. The maximum atomic E-state index is 13.3. The monoisotopic (exact) mass is 428 g/mol. The summed E-state index contributed by atoms with van der Waals surface area (Å²) in [5.41, 5.74) is 2.99. The maximum Gasteiger partial charge on any atom is 0.341 e. The van der Waals surface area contributed by atoms with Gasteiger partial charge in [0.25, 0.3) is 0 Å². The van der Waals surface area contributed by atoms with Crippen molar-refractivity contribution in [3.8, 4) is 5.75 Å². The quantitative estimate of drug-likeness (QED) is 0.436. The van der Waals surface area contributed by atoms with E-state index in [9.17, 15) is 9.18 Å². The maximum absolute atomic E-state index is 13.3. The van der Waals surface area contributed by atoms with E-state index in [2.05, 4.69) is 6.08 Å². The standard InChI is InChI=1S/C23H18ClFO3S/c24-21-14-19(28-15-23(26)27)10-11-22(21)29-13-12-20(16-4-2-1-3-5-16)17-6-8-18(25)9-7-17/h1-12,14H,13,15H2,(H,26,27). The first-order chi connectivity index (χ1) is 14.0. The number of rotatable bonds is 8. The Hall–Kier alpha value is -2.76. The third-order valence-electron chi connectivity index (χ3n) is 4.03. The third-order valence-corrected chi connectivity index (χ3v) is 5.46. The minimum Gasteiger partial charge on any atom is -0.482 e. The van der Waals surface area contributed by atoms with Crippen LogP contribution in [0.5, 0.6) is 5.75 Å². The first kappa shape index (κ1) is 21.0. The highest BCUT2D eigenvalue weighted by Gasteiger charge is 2.07. The zero-order valence-electron chi connectivity index (χ0n) is 15.3. The Kier molecular flexibility index (Phi) is 7.33. The predicted molar refractivity (Wildman–Crippen MR) is 115 cm³/mol. The van der Waals surface area contributed by atoms with Crippen LogP contribution in [-0.2, 0) is 4.79 Å². The molecule has 3 nitrogen and oxygen atoms in total. The van der Waals surface area contributed by atoms with Crippen LogP contribution in [0.4, 0.5) is 4.39 Å². The third kappa shape index (κ3) is 6.11. The SMILES string of the molecule is O=C(O)COc1ccc(SCC=C(c2ccccc2)c2ccc(F)cc2)c(Cl)c1. The first-order valence-corrected chi connectivity index (χ1v) is 10.2. The van der Waals surface area contributed by atoms with E-state index in [1.165, 1.54) is 12.1 Å². The molecule has 148 valence electrons. The Balaban J connectivity index is 1.76. The summed E-state index contributed by atoms with van der Waals surface area (Å²) in [5.74, 6) is -0.253. The van der Waals surface area contributed by atoms with Gasteiger partial charge in [-0.15, -0.1) is 11.8 Å². The minimum atomic E-state index is -1.04. The molecule has 0 fully saturated rings. The van der Waals surface area contributed by atoms with Gasteiger partial charge < -0.3 is 9.84 Å². The van der Waals surface area contributed by atoms with E-state index in [1.807, 2.05) is 30.3 Å². The van der Waals surface area contributed by atoms with E-state index in [4.69, 9.17) is 21.4 Å². The van der Waals surface area contributed by atoms with Gasteiger partial charge >= 0.3 is 5.97 Å². The molecule has 0 spiro atoms. The molecule has 0 aliphatic rings. The number of carboxylic acids is 1. The van der Waals surface area contributed by atoms with E-state index in [0.29, 0.717) is 16.5 Å². The van der Waals surface area contributed by atoms with Crippen molar-refractivity contribution in [2.75, 3.05) is 12.4 Å². The van der Waals surface area contributed by atoms with Crippen LogP contribution < -0.4 is 4.74 Å². The lowest BCUT2D eigenvalue weighted by atomic mass is 9.98. The highest BCUT2D eigenvalue weighted by Crippen LogP contribution is 2.32. The molecule has 6 heteroatoms. The van der Waals surface area contributed by atoms with E-state index < -0.39 is 12.6 Å². The zero-order valence-corrected chi connectivity index (χ0v) is 16.9. The number of halogens is 2. The molecule has 0 unspecified atom stereocenters. The van der Waals surface area contributed by atoms with Crippen LogP contribution in [0.3, 0.4) is 0 Å². The van der Waals surface area contributed by atoms with Crippen LogP contribution in [-0.4, -0.2) is 23.4 Å². The van der Waals surface area contributed by atoms with Crippen molar-refractivity contribution in [3.05, 3.63) is 101 Å². The highest BCUT2D eigenvalue weighted by molar-refractivity contribution is 7.99. The topological polar surface area (TPSA) is 46.5 Å². The number of hydrogen-bond donors (Lipinski definition) is 1. The van der Waals surface area contributed by atoms with Crippen molar-refractivity contribution in [2.45, 2.75) is 4.90 Å². The molecular weight excluding hydrogens is 411 g/mol. The molecule has 0 saturated carbocycles. The van der Waals surface area contributed by atoms with Crippen LogP contribution >= 0.6 is 23.4 Å². The molecule has 3 aromatic rings. The molecule has 3 rings (SSSR count). The average molecular weight is 429 g/mol. The molecule has 0 radical (unpaired) electrons. The van der Waals surface area contributed by atoms with Crippen LogP contribution in [0.2, 0.25) is 5.02 Å². The fraction of sp³-hybridized carbons (Fsp3) is 0.0870. The van der Waals surface area contributed by atoms with Crippen LogP contribution in [0.25, 0.3) is 5.57 Å². The van der Waals surface area contributed by atoms with E-state index in [-0.39, 0.29) is 5.82 Å². The highest BCUT2D eigenvalue weighted by atomic mass is 35.5. The van der Waals surface area contributed by atoms with Gasteiger partial charge in [0.1, 0.15) is 11.6 Å². The molecule has 1 N–H and O–H groups in total. The number of ether oxygens (including phenoxy) is 1. The molecule has 0 aliphatic carbocycles. The number of carbonyl (C=O) groups is 1. The van der Waals surface area contributed by atoms with E-state index >= 15 is 0 Å². The Labute approximate surface area is 177 Å². The summed E-state index contributed by atoms with van der Waals surface area (Å²) in [5, 5.41) is 9.18. The summed E-state index contributed by atoms with van der Waals surface area (Å²) in [4.78, 5) is 11.5. The summed E-state index contributed by atoms with van der Waals surface area (Å²) >= 11 is 7.85. The largest absolute Gasteiger partial charge is 0.482 e. The van der Waals surface area contributed by atoms with Crippen molar-refractivity contribution in [1.82, 2.24) is 0 Å². The molecule has 0 saturated heterocycles. The van der Waals surface area contributed by atoms with Crippen LogP contribution in [0, 0.1) is 5.82 Å². The molecule has 29 heavy (non-hydrogen) atoms. The lowest BCUT2D eigenvalue weighted by Gasteiger charge is -2.10. The summed E-state index contributed by atoms with van der Waals surface area (Å²) in [7, 11) is 0. The lowest BCUT2D eigenvalue weighted by Crippen LogP contribution is -2.09. The van der Waals surface area contributed by atoms with Gasteiger partial charge in [0, 0.05) is 10.6 Å². The van der Waals surface area contributed by atoms with Gasteiger partial charge in [-0.05, 0) is 47.0 Å². The number of thioether (sulfide) groups is 1. The number of aliphatic carboxylic acids is 1. The van der Waals surface area contributed by atoms with Gasteiger partial charge in [-0.2, -0.15) is 0 Å². The summed E-state index contributed by atoms with van der Waals surface area (Å²) < 4.78 is 18.5. The van der Waals surface area contributed by atoms with Gasteiger partial charge in [-0.1, -0.05) is 60.1 Å². The van der Waals surface area contributed by atoms with Crippen molar-refractivity contribution < 1.29 is 19.0 Å². The number of carboxylic acid groups (broad SMARTS) is 1. The van der Waals surface area contributed by atoms with Gasteiger partial charge in [0.15, 0.2) is 6.61 Å². The summed E-state index contributed by atoms with van der Waals surface area (Å²) in [6, 6.07) is 21.4. The van der Waals surface area contributed by atoms with Gasteiger partial charge in [-0.25, -0.2) is 9.18 Å². The van der Waals surface area contributed by atoms with Gasteiger partial charge in [0.2, 0.25) is 0 Å². The van der Waals surface area contributed by atoms with Crippen molar-refractivity contribution in [2.24, 2.45) is 0 Å². The molecule has 3 aromatic carbocycles. The Morgan fingerprint density at radius 1 is 1.03 bits per heavy atom. The second-order valence-corrected chi connectivity index (χ2v) is 7.55. The first-order valence-electron chi connectivity index (χ1n) is 8.81. The molecule has 0 aliphatic heterocycles. The Bertz CT molecular complexity index is 1000. The van der Waals surface area contributed by atoms with Crippen molar-refractivity contribution in [3.63, 3.8) is 0 Å². The fourth-order valence-electron chi connectivity index (χ4n) is 2.70. The number of benzene rings is 3. The normalized spacial score (nSPS) is 11.3. The van der Waals surface area contributed by atoms with Gasteiger partial charge in [-0.3, -0.25) is 0 Å². The molecule has 0 amide bonds. The molecule has 0 atom stereocenters. The predicted octanol–water partition coefficient (Wildman–Crippen LogP) is 6.17. The average Bonchev–Trinajstić information content (AvgIpc) is 2.72. The Morgan fingerprint density at radius 3 is 2.38 bits per heavy atom. The lowest BCUT2D eigenvalue weighted by molar-refractivity contribution is -0.139. The Morgan fingerprint density at radius 2 is 1.72 bits per heavy atom.